The number of carbonyl (C=O) groups is 2. The number of ether oxygens (including phenoxy) is 1. The average molecular weight is 500 g/mol. The summed E-state index contributed by atoms with van der Waals surface area (Å²) < 4.78 is 33.9. The van der Waals surface area contributed by atoms with Gasteiger partial charge in [-0.2, -0.15) is 4.31 Å². The number of nitrogens with zero attached hydrogens (tertiary/aromatic N) is 2. The van der Waals surface area contributed by atoms with E-state index in [9.17, 15) is 18.0 Å². The molecule has 4 rings (SSSR count). The number of benzene rings is 2. The first kappa shape index (κ1) is 25.2. The van der Waals surface area contributed by atoms with Gasteiger partial charge in [-0.1, -0.05) is 6.42 Å². The van der Waals surface area contributed by atoms with E-state index in [0.717, 1.165) is 51.6 Å². The highest BCUT2D eigenvalue weighted by Crippen LogP contribution is 2.32. The Kier molecular flexibility index (Phi) is 8.07. The van der Waals surface area contributed by atoms with E-state index in [4.69, 9.17) is 4.74 Å². The van der Waals surface area contributed by atoms with Crippen LogP contribution < -0.4 is 10.2 Å². The van der Waals surface area contributed by atoms with Crippen molar-refractivity contribution in [3.63, 3.8) is 0 Å². The highest BCUT2D eigenvalue weighted by atomic mass is 32.2. The molecular weight excluding hydrogens is 466 g/mol. The molecule has 0 radical (unpaired) electrons. The van der Waals surface area contributed by atoms with Crippen LogP contribution in [0.5, 0.6) is 0 Å². The minimum Gasteiger partial charge on any atom is -0.462 e. The van der Waals surface area contributed by atoms with E-state index >= 15 is 0 Å². The third-order valence-electron chi connectivity index (χ3n) is 6.51. The van der Waals surface area contributed by atoms with Gasteiger partial charge in [0.25, 0.3) is 5.91 Å². The van der Waals surface area contributed by atoms with Gasteiger partial charge in [0.2, 0.25) is 10.0 Å². The quantitative estimate of drug-likeness (QED) is 0.572. The highest BCUT2D eigenvalue weighted by Gasteiger charge is 2.31. The summed E-state index contributed by atoms with van der Waals surface area (Å²) in [5.74, 6) is -0.833. The molecule has 0 unspecified atom stereocenters. The molecule has 2 heterocycles. The Balaban J connectivity index is 1.61. The normalized spacial score (nSPS) is 17.1. The molecule has 2 saturated heterocycles. The second-order valence-corrected chi connectivity index (χ2v) is 10.9. The van der Waals surface area contributed by atoms with Gasteiger partial charge in [-0.15, -0.1) is 0 Å². The molecule has 1 N–H and O–H groups in total. The molecule has 0 aromatic heterocycles. The van der Waals surface area contributed by atoms with Crippen LogP contribution in [0.3, 0.4) is 0 Å². The predicted molar refractivity (Wildman–Crippen MR) is 135 cm³/mol. The van der Waals surface area contributed by atoms with Crippen molar-refractivity contribution in [3.8, 4) is 0 Å². The smallest absolute Gasteiger partial charge is 0.338 e. The molecule has 35 heavy (non-hydrogen) atoms. The topological polar surface area (TPSA) is 96.0 Å². The van der Waals surface area contributed by atoms with Crippen molar-refractivity contribution in [3.05, 3.63) is 53.6 Å². The lowest BCUT2D eigenvalue weighted by atomic mass is 10.1. The number of carbonyl (C=O) groups excluding carboxylic acids is 2. The lowest BCUT2D eigenvalue weighted by Crippen LogP contribution is -2.37. The number of sulfonamides is 1. The number of hydrogen-bond donors (Lipinski definition) is 1. The van der Waals surface area contributed by atoms with Crippen LogP contribution in [0.1, 0.15) is 66.2 Å². The zero-order valence-electron chi connectivity index (χ0n) is 20.2. The van der Waals surface area contributed by atoms with Crippen molar-refractivity contribution in [1.29, 1.82) is 0 Å². The second kappa shape index (κ2) is 11.2. The van der Waals surface area contributed by atoms with Gasteiger partial charge in [-0.05, 0) is 81.5 Å². The van der Waals surface area contributed by atoms with Crippen LogP contribution in [0.4, 0.5) is 11.4 Å². The molecular formula is C26H33N3O5S. The summed E-state index contributed by atoms with van der Waals surface area (Å²) in [6.45, 7) is 4.65. The molecule has 0 atom stereocenters. The number of amides is 1. The maximum absolute atomic E-state index is 13.7. The summed E-state index contributed by atoms with van der Waals surface area (Å²) in [6, 6.07) is 11.4. The van der Waals surface area contributed by atoms with Crippen LogP contribution in [0.2, 0.25) is 0 Å². The molecule has 2 aromatic rings. The van der Waals surface area contributed by atoms with Crippen LogP contribution >= 0.6 is 0 Å². The number of hydrogen-bond acceptors (Lipinski definition) is 6. The fourth-order valence-electron chi connectivity index (χ4n) is 4.61. The average Bonchev–Trinajstić information content (AvgIpc) is 2.90. The van der Waals surface area contributed by atoms with Gasteiger partial charge in [0.1, 0.15) is 4.90 Å². The fraction of sp³-hybridized carbons (Fsp3) is 0.462. The van der Waals surface area contributed by atoms with Gasteiger partial charge in [-0.3, -0.25) is 4.79 Å². The third-order valence-corrected chi connectivity index (χ3v) is 8.43. The maximum Gasteiger partial charge on any atom is 0.338 e. The Labute approximate surface area is 207 Å². The van der Waals surface area contributed by atoms with Crippen LogP contribution in [0.15, 0.2) is 47.4 Å². The molecule has 2 aliphatic rings. The van der Waals surface area contributed by atoms with Gasteiger partial charge >= 0.3 is 5.97 Å². The second-order valence-electron chi connectivity index (χ2n) is 8.95. The van der Waals surface area contributed by atoms with E-state index in [1.165, 1.54) is 6.07 Å². The summed E-state index contributed by atoms with van der Waals surface area (Å²) in [5, 5.41) is 2.80. The van der Waals surface area contributed by atoms with Crippen LogP contribution in [-0.2, 0) is 14.8 Å². The van der Waals surface area contributed by atoms with Gasteiger partial charge in [0, 0.05) is 37.4 Å². The number of esters is 1. The van der Waals surface area contributed by atoms with E-state index in [-0.39, 0.29) is 17.1 Å². The van der Waals surface area contributed by atoms with Crippen molar-refractivity contribution in [2.24, 2.45) is 0 Å². The van der Waals surface area contributed by atoms with Crippen LogP contribution in [0.25, 0.3) is 0 Å². The van der Waals surface area contributed by atoms with Crippen molar-refractivity contribution in [1.82, 2.24) is 4.31 Å². The van der Waals surface area contributed by atoms with Crippen LogP contribution in [0, 0.1) is 0 Å². The lowest BCUT2D eigenvalue weighted by molar-refractivity contribution is 0.0526. The first-order chi connectivity index (χ1) is 16.9. The van der Waals surface area contributed by atoms with Crippen molar-refractivity contribution >= 4 is 33.3 Å². The van der Waals surface area contributed by atoms with Gasteiger partial charge in [0.15, 0.2) is 0 Å². The molecule has 0 bridgehead atoms. The number of rotatable bonds is 7. The first-order valence-corrected chi connectivity index (χ1v) is 13.8. The number of piperidine rings is 2. The summed E-state index contributed by atoms with van der Waals surface area (Å²) in [6.07, 6.45) is 5.91. The fourth-order valence-corrected chi connectivity index (χ4v) is 6.36. The van der Waals surface area contributed by atoms with Gasteiger partial charge < -0.3 is 15.0 Å². The molecule has 2 aliphatic heterocycles. The van der Waals surface area contributed by atoms with E-state index in [0.29, 0.717) is 30.0 Å². The molecule has 2 fully saturated rings. The van der Waals surface area contributed by atoms with E-state index in [1.807, 2.05) is 0 Å². The Morgan fingerprint density at radius 2 is 1.46 bits per heavy atom. The standard InChI is InChI=1S/C26H33N3O5S/c1-2-34-26(31)20-9-12-22(13-10-20)27-25(30)21-11-14-23(28-15-5-3-6-16-28)24(19-21)35(32,33)29-17-7-4-8-18-29/h9-14,19H,2-8,15-18H2,1H3,(H,27,30). The minimum absolute atomic E-state index is 0.201. The zero-order valence-corrected chi connectivity index (χ0v) is 21.0. The Bertz CT molecular complexity index is 1150. The monoisotopic (exact) mass is 499 g/mol. The minimum atomic E-state index is -3.73. The first-order valence-electron chi connectivity index (χ1n) is 12.4. The molecule has 8 nitrogen and oxygen atoms in total. The lowest BCUT2D eigenvalue weighted by Gasteiger charge is -2.33. The Hall–Kier alpha value is -2.91. The maximum atomic E-state index is 13.7. The Morgan fingerprint density at radius 3 is 2.09 bits per heavy atom. The third kappa shape index (κ3) is 5.85. The van der Waals surface area contributed by atoms with Crippen molar-refractivity contribution < 1.29 is 22.7 Å². The highest BCUT2D eigenvalue weighted by molar-refractivity contribution is 7.89. The molecule has 0 spiro atoms. The predicted octanol–water partition coefficient (Wildman–Crippen LogP) is 4.28. The summed E-state index contributed by atoms with van der Waals surface area (Å²) >= 11 is 0. The van der Waals surface area contributed by atoms with Gasteiger partial charge in [-0.25, -0.2) is 13.2 Å². The molecule has 0 aliphatic carbocycles. The number of nitrogens with one attached hydrogen (secondary N) is 1. The molecule has 2 aromatic carbocycles. The van der Waals surface area contributed by atoms with Crippen molar-refractivity contribution in [2.45, 2.75) is 50.3 Å². The van der Waals surface area contributed by atoms with E-state index in [1.54, 1.807) is 47.6 Å². The molecule has 188 valence electrons. The number of anilines is 2. The van der Waals surface area contributed by atoms with E-state index in [2.05, 4.69) is 10.2 Å². The van der Waals surface area contributed by atoms with Crippen LogP contribution in [-0.4, -0.2) is 57.4 Å². The molecule has 9 heteroatoms. The largest absolute Gasteiger partial charge is 0.462 e. The summed E-state index contributed by atoms with van der Waals surface area (Å²) in [5.41, 5.74) is 1.84. The molecule has 0 saturated carbocycles. The zero-order chi connectivity index (χ0) is 24.8. The van der Waals surface area contributed by atoms with Crippen molar-refractivity contribution in [2.75, 3.05) is 43.0 Å². The molecule has 1 amide bonds. The van der Waals surface area contributed by atoms with E-state index < -0.39 is 21.9 Å². The van der Waals surface area contributed by atoms with Gasteiger partial charge in [0.05, 0.1) is 17.9 Å². The summed E-state index contributed by atoms with van der Waals surface area (Å²) in [4.78, 5) is 27.2. The SMILES string of the molecule is CCOC(=O)c1ccc(NC(=O)c2ccc(N3CCCCC3)c(S(=O)(=O)N3CCCCC3)c2)cc1. The Morgan fingerprint density at radius 1 is 0.857 bits per heavy atom. The summed E-state index contributed by atoms with van der Waals surface area (Å²) in [7, 11) is -3.73.